The average Bonchev–Trinajstić information content (AvgIpc) is 3.53. The van der Waals surface area contributed by atoms with Crippen LogP contribution in [0.15, 0.2) is 53.4 Å². The number of rotatable bonds is 5. The fourth-order valence-electron chi connectivity index (χ4n) is 4.41. The van der Waals surface area contributed by atoms with E-state index in [1.165, 1.54) is 6.26 Å². The number of pyridine rings is 1. The summed E-state index contributed by atoms with van der Waals surface area (Å²) in [4.78, 5) is 23.5. The molecule has 0 aliphatic carbocycles. The van der Waals surface area contributed by atoms with Crippen LogP contribution < -0.4 is 4.74 Å². The Kier molecular flexibility index (Phi) is 5.67. The van der Waals surface area contributed by atoms with Crippen LogP contribution in [0, 0.1) is 11.3 Å². The molecule has 172 valence electrons. The first-order chi connectivity index (χ1) is 16.5. The summed E-state index contributed by atoms with van der Waals surface area (Å²) in [7, 11) is 1.55. The number of amides is 1. The Morgan fingerprint density at radius 2 is 2.09 bits per heavy atom. The molecule has 0 saturated carbocycles. The minimum Gasteiger partial charge on any atom is -0.495 e. The number of halogens is 1. The second-order valence-corrected chi connectivity index (χ2v) is 8.55. The van der Waals surface area contributed by atoms with E-state index in [0.29, 0.717) is 53.9 Å². The van der Waals surface area contributed by atoms with Crippen LogP contribution in [0.25, 0.3) is 22.6 Å². The molecule has 34 heavy (non-hydrogen) atoms. The van der Waals surface area contributed by atoms with Crippen LogP contribution in [0.2, 0.25) is 5.02 Å². The number of fused-ring (bicyclic) bond motifs is 1. The van der Waals surface area contributed by atoms with Gasteiger partial charge in [-0.05, 0) is 42.7 Å². The van der Waals surface area contributed by atoms with E-state index in [4.69, 9.17) is 20.8 Å². The molecule has 9 nitrogen and oxygen atoms in total. The molecule has 10 heteroatoms. The first-order valence-electron chi connectivity index (χ1n) is 10.8. The van der Waals surface area contributed by atoms with E-state index in [1.54, 1.807) is 41.2 Å². The quantitative estimate of drug-likeness (QED) is 0.430. The fraction of sp³-hybridized carbons (Fsp3) is 0.292. The van der Waals surface area contributed by atoms with Crippen LogP contribution in [0.5, 0.6) is 5.75 Å². The van der Waals surface area contributed by atoms with Gasteiger partial charge in [0.25, 0.3) is 0 Å². The van der Waals surface area contributed by atoms with Gasteiger partial charge in [0.15, 0.2) is 11.3 Å². The zero-order valence-electron chi connectivity index (χ0n) is 18.4. The Labute approximate surface area is 200 Å². The highest BCUT2D eigenvalue weighted by atomic mass is 35.5. The van der Waals surface area contributed by atoms with Crippen molar-refractivity contribution in [3.8, 4) is 23.4 Å². The Balaban J connectivity index is 1.34. The summed E-state index contributed by atoms with van der Waals surface area (Å²) in [5.74, 6) is 0.820. The lowest BCUT2D eigenvalue weighted by atomic mass is 9.74. The van der Waals surface area contributed by atoms with Gasteiger partial charge in [0, 0.05) is 19.3 Å². The first-order valence-corrected chi connectivity index (χ1v) is 11.2. The maximum atomic E-state index is 13.2. The third kappa shape index (κ3) is 3.76. The molecular weight excluding hydrogens is 456 g/mol. The number of nitriles is 1. The number of hydrogen-bond acceptors (Lipinski definition) is 7. The van der Waals surface area contributed by atoms with Crippen LogP contribution in [-0.2, 0) is 16.8 Å². The van der Waals surface area contributed by atoms with E-state index in [-0.39, 0.29) is 12.5 Å². The Hall–Kier alpha value is -3.90. The van der Waals surface area contributed by atoms with Crippen LogP contribution in [0.4, 0.5) is 0 Å². The number of likely N-dealkylation sites (tertiary alicyclic amines) is 1. The lowest BCUT2D eigenvalue weighted by molar-refractivity contribution is -0.133. The van der Waals surface area contributed by atoms with Crippen molar-refractivity contribution in [2.24, 2.45) is 0 Å². The third-order valence-electron chi connectivity index (χ3n) is 6.31. The van der Waals surface area contributed by atoms with Crippen molar-refractivity contribution in [2.75, 3.05) is 20.2 Å². The van der Waals surface area contributed by atoms with E-state index in [1.807, 2.05) is 18.2 Å². The summed E-state index contributed by atoms with van der Waals surface area (Å²) >= 11 is 6.16. The average molecular weight is 477 g/mol. The maximum Gasteiger partial charge on any atom is 0.247 e. The van der Waals surface area contributed by atoms with Crippen molar-refractivity contribution in [3.63, 3.8) is 0 Å². The summed E-state index contributed by atoms with van der Waals surface area (Å²) in [6.45, 7) is 0.940. The Morgan fingerprint density at radius 3 is 2.79 bits per heavy atom. The lowest BCUT2D eigenvalue weighted by Gasteiger charge is -2.37. The van der Waals surface area contributed by atoms with Crippen LogP contribution >= 0.6 is 11.6 Å². The van der Waals surface area contributed by atoms with Gasteiger partial charge in [-0.15, -0.1) is 0 Å². The van der Waals surface area contributed by atoms with Crippen molar-refractivity contribution in [2.45, 2.75) is 24.8 Å². The minimum atomic E-state index is -0.702. The summed E-state index contributed by atoms with van der Waals surface area (Å²) in [5.41, 5.74) is 1.27. The molecule has 1 aliphatic rings. The predicted molar refractivity (Wildman–Crippen MR) is 124 cm³/mol. The van der Waals surface area contributed by atoms with Crippen LogP contribution in [0.3, 0.4) is 0 Å². The fourth-order valence-corrected chi connectivity index (χ4v) is 4.60. The monoisotopic (exact) mass is 476 g/mol. The molecule has 3 aromatic heterocycles. The molecule has 1 saturated heterocycles. The lowest BCUT2D eigenvalue weighted by Crippen LogP contribution is -2.45. The van der Waals surface area contributed by atoms with Gasteiger partial charge in [0.2, 0.25) is 11.8 Å². The molecule has 0 unspecified atom stereocenters. The third-order valence-corrected chi connectivity index (χ3v) is 6.63. The first kappa shape index (κ1) is 21.9. The minimum absolute atomic E-state index is 0.0303. The van der Waals surface area contributed by atoms with Gasteiger partial charge < -0.3 is 14.1 Å². The number of oxazole rings is 1. The Morgan fingerprint density at radius 1 is 1.26 bits per heavy atom. The molecule has 5 rings (SSSR count). The van der Waals surface area contributed by atoms with Gasteiger partial charge >= 0.3 is 0 Å². The molecule has 1 fully saturated rings. The zero-order chi connectivity index (χ0) is 23.7. The van der Waals surface area contributed by atoms with E-state index in [9.17, 15) is 10.1 Å². The topological polar surface area (TPSA) is 110 Å². The second-order valence-electron chi connectivity index (χ2n) is 8.14. The molecule has 1 aromatic carbocycles. The number of nitrogens with zero attached hydrogens (tertiary/aromatic N) is 6. The van der Waals surface area contributed by atoms with Gasteiger partial charge in [-0.1, -0.05) is 17.7 Å². The number of piperidine rings is 1. The van der Waals surface area contributed by atoms with E-state index < -0.39 is 5.41 Å². The largest absolute Gasteiger partial charge is 0.495 e. The van der Waals surface area contributed by atoms with Crippen molar-refractivity contribution in [1.29, 1.82) is 5.26 Å². The van der Waals surface area contributed by atoms with Crippen molar-refractivity contribution >= 4 is 28.5 Å². The summed E-state index contributed by atoms with van der Waals surface area (Å²) < 4.78 is 12.3. The number of carbonyl (C=O) groups excluding carboxylic acids is 1. The van der Waals surface area contributed by atoms with Crippen molar-refractivity contribution in [3.05, 3.63) is 59.6 Å². The van der Waals surface area contributed by atoms with Crippen LogP contribution in [-0.4, -0.2) is 50.8 Å². The van der Waals surface area contributed by atoms with E-state index in [0.717, 1.165) is 10.9 Å². The highest BCUT2D eigenvalue weighted by Gasteiger charge is 2.38. The predicted octanol–water partition coefficient (Wildman–Crippen LogP) is 3.83. The van der Waals surface area contributed by atoms with Gasteiger partial charge in [0.1, 0.15) is 18.6 Å². The van der Waals surface area contributed by atoms with E-state index >= 15 is 0 Å². The van der Waals surface area contributed by atoms with Crippen LogP contribution in [0.1, 0.15) is 18.4 Å². The highest BCUT2D eigenvalue weighted by molar-refractivity contribution is 6.32. The summed E-state index contributed by atoms with van der Waals surface area (Å²) in [6.07, 6.45) is 5.71. The zero-order valence-corrected chi connectivity index (χ0v) is 19.2. The highest BCUT2D eigenvalue weighted by Crippen LogP contribution is 2.38. The molecule has 0 bridgehead atoms. The number of hydrogen-bond donors (Lipinski definition) is 0. The number of ether oxygens (including phenoxy) is 1. The standard InChI is InChI=1S/C24H21ClN6O3/c1-33-19-13-16(4-5-18(19)25)24(15-26)6-10-30(11-7-24)20(32)14-31-22-17(3-2-8-27-22)21(29-31)23-28-9-12-34-23/h2-5,8-9,12-13H,6-7,10-11,14H2,1H3. The molecular formula is C24H21ClN6O3. The van der Waals surface area contributed by atoms with Gasteiger partial charge in [-0.3, -0.25) is 4.79 Å². The Bertz CT molecular complexity index is 1380. The maximum absolute atomic E-state index is 13.2. The number of aromatic nitrogens is 4. The molecule has 0 N–H and O–H groups in total. The van der Waals surface area contributed by atoms with Gasteiger partial charge in [-0.2, -0.15) is 10.4 Å². The molecule has 1 aliphatic heterocycles. The molecule has 4 aromatic rings. The van der Waals surface area contributed by atoms with Crippen molar-refractivity contribution < 1.29 is 13.9 Å². The molecule has 0 atom stereocenters. The molecule has 1 amide bonds. The number of benzene rings is 1. The van der Waals surface area contributed by atoms with E-state index in [2.05, 4.69) is 21.1 Å². The molecule has 0 spiro atoms. The van der Waals surface area contributed by atoms with Crippen molar-refractivity contribution in [1.82, 2.24) is 24.6 Å². The van der Waals surface area contributed by atoms with Gasteiger partial charge in [0.05, 0.1) is 35.2 Å². The normalized spacial score (nSPS) is 15.3. The van der Waals surface area contributed by atoms with Gasteiger partial charge in [-0.25, -0.2) is 14.6 Å². The second kappa shape index (κ2) is 8.80. The molecule has 0 radical (unpaired) electrons. The number of carbonyl (C=O) groups is 1. The molecule has 4 heterocycles. The smallest absolute Gasteiger partial charge is 0.247 e. The number of methoxy groups -OCH3 is 1. The SMILES string of the molecule is COc1cc(C2(C#N)CCN(C(=O)Cn3nc(-c4ncco4)c4cccnc43)CC2)ccc1Cl. The summed E-state index contributed by atoms with van der Waals surface area (Å²) in [6, 6.07) is 11.6. The summed E-state index contributed by atoms with van der Waals surface area (Å²) in [5, 5.41) is 15.9.